The summed E-state index contributed by atoms with van der Waals surface area (Å²) in [5.41, 5.74) is 3.13. The fraction of sp³-hybridized carbons (Fsp3) is 0.179. The predicted octanol–water partition coefficient (Wildman–Crippen LogP) is 5.83. The zero-order valence-corrected chi connectivity index (χ0v) is 22.3. The largest absolute Gasteiger partial charge is 0.494 e. The van der Waals surface area contributed by atoms with Crippen LogP contribution in [0, 0.1) is 6.92 Å². The summed E-state index contributed by atoms with van der Waals surface area (Å²) in [4.78, 5) is 27.5. The molecule has 3 aromatic rings. The van der Waals surface area contributed by atoms with Crippen molar-refractivity contribution in [3.05, 3.63) is 82.8 Å². The number of hydrogen-bond donors (Lipinski definition) is 1. The number of thioether (sulfide) groups is 1. The van der Waals surface area contributed by atoms with Crippen LogP contribution in [0.5, 0.6) is 17.2 Å². The molecule has 2 amide bonds. The summed E-state index contributed by atoms with van der Waals surface area (Å²) in [6.45, 7) is 4.23. The lowest BCUT2D eigenvalue weighted by Crippen LogP contribution is -2.28. The first-order chi connectivity index (χ1) is 17.9. The highest BCUT2D eigenvalue weighted by Gasteiger charge is 2.34. The van der Waals surface area contributed by atoms with Crippen molar-refractivity contribution in [1.29, 1.82) is 0 Å². The van der Waals surface area contributed by atoms with Gasteiger partial charge in [0.1, 0.15) is 5.75 Å². The number of aryl methyl sites for hydroxylation is 1. The molecular formula is C28H26N2O5S2. The summed E-state index contributed by atoms with van der Waals surface area (Å²) < 4.78 is 17.0. The zero-order chi connectivity index (χ0) is 26.4. The maximum atomic E-state index is 13.1. The number of para-hydroxylation sites is 1. The van der Waals surface area contributed by atoms with E-state index in [1.54, 1.807) is 53.4 Å². The van der Waals surface area contributed by atoms with E-state index < -0.39 is 0 Å². The Balaban J connectivity index is 1.42. The van der Waals surface area contributed by atoms with Gasteiger partial charge in [0.05, 0.1) is 24.3 Å². The Morgan fingerprint density at radius 2 is 1.81 bits per heavy atom. The molecule has 0 spiro atoms. The van der Waals surface area contributed by atoms with Gasteiger partial charge < -0.3 is 19.5 Å². The molecule has 1 aliphatic rings. The third-order valence-corrected chi connectivity index (χ3v) is 6.75. The Bertz CT molecular complexity index is 1350. The van der Waals surface area contributed by atoms with E-state index in [4.69, 9.17) is 26.4 Å². The SMILES string of the molecule is CCOc1ccc(NC(=O)COc2ccc(/C=C3\SC(=S)N(c4ccccc4C)C3=O)cc2OC)cc1. The molecule has 0 bridgehead atoms. The van der Waals surface area contributed by atoms with Crippen LogP contribution in [-0.2, 0) is 9.59 Å². The number of thiocarbonyl (C=S) groups is 1. The molecule has 4 rings (SSSR count). The fourth-order valence-corrected chi connectivity index (χ4v) is 4.96. The molecule has 0 aromatic heterocycles. The average Bonchev–Trinajstić information content (AvgIpc) is 3.17. The van der Waals surface area contributed by atoms with Crippen LogP contribution in [0.2, 0.25) is 0 Å². The molecule has 0 unspecified atom stereocenters. The summed E-state index contributed by atoms with van der Waals surface area (Å²) in [6, 6.07) is 20.0. The van der Waals surface area contributed by atoms with Crippen molar-refractivity contribution in [2.24, 2.45) is 0 Å². The summed E-state index contributed by atoms with van der Waals surface area (Å²) in [6.07, 6.45) is 1.77. The van der Waals surface area contributed by atoms with E-state index in [1.165, 1.54) is 18.9 Å². The van der Waals surface area contributed by atoms with E-state index in [9.17, 15) is 9.59 Å². The average molecular weight is 535 g/mol. The van der Waals surface area contributed by atoms with E-state index in [2.05, 4.69) is 5.32 Å². The molecule has 1 N–H and O–H groups in total. The number of nitrogens with one attached hydrogen (secondary N) is 1. The minimum absolute atomic E-state index is 0.172. The van der Waals surface area contributed by atoms with Gasteiger partial charge in [-0.2, -0.15) is 0 Å². The molecule has 1 heterocycles. The van der Waals surface area contributed by atoms with E-state index >= 15 is 0 Å². The number of nitrogens with zero attached hydrogens (tertiary/aromatic N) is 1. The van der Waals surface area contributed by atoms with E-state index in [1.807, 2.05) is 38.1 Å². The first-order valence-corrected chi connectivity index (χ1v) is 12.8. The van der Waals surface area contributed by atoms with E-state index in [-0.39, 0.29) is 18.4 Å². The first-order valence-electron chi connectivity index (χ1n) is 11.6. The second-order valence-electron chi connectivity index (χ2n) is 8.01. The number of hydrogen-bond acceptors (Lipinski definition) is 7. The standard InChI is InChI=1S/C28H26N2O5S2/c1-4-34-21-12-10-20(11-13-21)29-26(31)17-35-23-14-9-19(15-24(23)33-3)16-25-27(32)30(28(36)37-25)22-8-6-5-7-18(22)2/h5-16H,4,17H2,1-3H3,(H,29,31)/b25-16-. The topological polar surface area (TPSA) is 77.1 Å². The van der Waals surface area contributed by atoms with Crippen LogP contribution in [0.1, 0.15) is 18.1 Å². The minimum Gasteiger partial charge on any atom is -0.494 e. The van der Waals surface area contributed by atoms with Gasteiger partial charge in [-0.3, -0.25) is 14.5 Å². The van der Waals surface area contributed by atoms with Gasteiger partial charge in [-0.25, -0.2) is 0 Å². The van der Waals surface area contributed by atoms with Crippen LogP contribution >= 0.6 is 24.0 Å². The third-order valence-electron chi connectivity index (χ3n) is 5.44. The Labute approximate surface area is 225 Å². The molecule has 1 fully saturated rings. The highest BCUT2D eigenvalue weighted by molar-refractivity contribution is 8.27. The molecule has 190 valence electrons. The molecule has 0 radical (unpaired) electrons. The van der Waals surface area contributed by atoms with Gasteiger partial charge in [-0.05, 0) is 73.5 Å². The van der Waals surface area contributed by atoms with Gasteiger partial charge in [0.2, 0.25) is 0 Å². The minimum atomic E-state index is -0.310. The third kappa shape index (κ3) is 6.31. The number of methoxy groups -OCH3 is 1. The van der Waals surface area contributed by atoms with Crippen molar-refractivity contribution in [1.82, 2.24) is 0 Å². The molecule has 7 nitrogen and oxygen atoms in total. The second kappa shape index (κ2) is 11.9. The van der Waals surface area contributed by atoms with Crippen molar-refractivity contribution in [3.8, 4) is 17.2 Å². The normalized spacial score (nSPS) is 14.1. The summed E-state index contributed by atoms with van der Waals surface area (Å²) >= 11 is 6.74. The Morgan fingerprint density at radius 3 is 2.51 bits per heavy atom. The Hall–Kier alpha value is -3.82. The van der Waals surface area contributed by atoms with Crippen molar-refractivity contribution in [3.63, 3.8) is 0 Å². The van der Waals surface area contributed by atoms with Crippen molar-refractivity contribution in [2.75, 3.05) is 30.5 Å². The zero-order valence-electron chi connectivity index (χ0n) is 20.6. The van der Waals surface area contributed by atoms with Gasteiger partial charge in [-0.15, -0.1) is 0 Å². The first kappa shape index (κ1) is 26.2. The number of carbonyl (C=O) groups excluding carboxylic acids is 2. The number of anilines is 2. The molecular weight excluding hydrogens is 508 g/mol. The van der Waals surface area contributed by atoms with Gasteiger partial charge in [-0.1, -0.05) is 48.2 Å². The fourth-order valence-electron chi connectivity index (χ4n) is 3.68. The second-order valence-corrected chi connectivity index (χ2v) is 9.68. The molecule has 3 aromatic carbocycles. The van der Waals surface area contributed by atoms with Crippen molar-refractivity contribution >= 4 is 57.6 Å². The van der Waals surface area contributed by atoms with Gasteiger partial charge >= 0.3 is 0 Å². The number of ether oxygens (including phenoxy) is 3. The number of rotatable bonds is 9. The van der Waals surface area contributed by atoms with Gasteiger partial charge in [0.25, 0.3) is 11.8 Å². The molecule has 37 heavy (non-hydrogen) atoms. The highest BCUT2D eigenvalue weighted by atomic mass is 32.2. The Kier molecular flexibility index (Phi) is 8.47. The molecule has 0 atom stereocenters. The van der Waals surface area contributed by atoms with Crippen molar-refractivity contribution in [2.45, 2.75) is 13.8 Å². The summed E-state index contributed by atoms with van der Waals surface area (Å²) in [7, 11) is 1.52. The quantitative estimate of drug-likeness (QED) is 0.274. The number of benzene rings is 3. The van der Waals surface area contributed by atoms with Crippen molar-refractivity contribution < 1.29 is 23.8 Å². The summed E-state index contributed by atoms with van der Waals surface area (Å²) in [5, 5.41) is 2.78. The van der Waals surface area contributed by atoms with Crippen LogP contribution in [0.4, 0.5) is 11.4 Å². The van der Waals surface area contributed by atoms with Gasteiger partial charge in [0, 0.05) is 5.69 Å². The Morgan fingerprint density at radius 1 is 1.05 bits per heavy atom. The lowest BCUT2D eigenvalue weighted by molar-refractivity contribution is -0.118. The lowest BCUT2D eigenvalue weighted by Gasteiger charge is -2.16. The molecule has 1 aliphatic heterocycles. The molecule has 1 saturated heterocycles. The molecule has 0 saturated carbocycles. The van der Waals surface area contributed by atoms with E-state index in [0.717, 1.165) is 22.6 Å². The van der Waals surface area contributed by atoms with Crippen LogP contribution in [-0.4, -0.2) is 36.5 Å². The van der Waals surface area contributed by atoms with Crippen LogP contribution < -0.4 is 24.4 Å². The monoisotopic (exact) mass is 534 g/mol. The number of amides is 2. The summed E-state index contributed by atoms with van der Waals surface area (Å²) in [5.74, 6) is 1.11. The molecule has 9 heteroatoms. The maximum Gasteiger partial charge on any atom is 0.270 e. The van der Waals surface area contributed by atoms with Crippen LogP contribution in [0.15, 0.2) is 71.6 Å². The highest BCUT2D eigenvalue weighted by Crippen LogP contribution is 2.38. The van der Waals surface area contributed by atoms with E-state index in [0.29, 0.717) is 33.0 Å². The lowest BCUT2D eigenvalue weighted by atomic mass is 10.1. The smallest absolute Gasteiger partial charge is 0.270 e. The van der Waals surface area contributed by atoms with Crippen LogP contribution in [0.3, 0.4) is 0 Å². The predicted molar refractivity (Wildman–Crippen MR) is 152 cm³/mol. The van der Waals surface area contributed by atoms with Crippen LogP contribution in [0.25, 0.3) is 6.08 Å². The van der Waals surface area contributed by atoms with Gasteiger partial charge in [0.15, 0.2) is 22.4 Å². The maximum absolute atomic E-state index is 13.1. The number of carbonyl (C=O) groups is 2. The molecule has 0 aliphatic carbocycles.